The van der Waals surface area contributed by atoms with Gasteiger partial charge in [-0.3, -0.25) is 14.4 Å². The largest absolute Gasteiger partial charge is 0.508 e. The van der Waals surface area contributed by atoms with Crippen LogP contribution in [0.2, 0.25) is 0 Å². The maximum atomic E-state index is 15.5. The molecule has 0 aromatic heterocycles. The van der Waals surface area contributed by atoms with Crippen LogP contribution in [0.4, 0.5) is 9.59 Å². The van der Waals surface area contributed by atoms with Gasteiger partial charge in [-0.1, -0.05) is 39.0 Å². The van der Waals surface area contributed by atoms with Gasteiger partial charge in [0.15, 0.2) is 17.5 Å². The van der Waals surface area contributed by atoms with Crippen LogP contribution in [-0.2, 0) is 52.3 Å². The molecule has 63 heavy (non-hydrogen) atoms. The third-order valence-corrected chi connectivity index (χ3v) is 13.6. The lowest BCUT2D eigenvalue weighted by Gasteiger charge is -2.67. The van der Waals surface area contributed by atoms with E-state index in [-0.39, 0.29) is 17.6 Å². The number of Topliss-reactive ketones (excluding diaryl/α,β-unsaturated/α-hetero) is 1. The van der Waals surface area contributed by atoms with Gasteiger partial charge >= 0.3 is 36.1 Å². The molecule has 5 N–H and O–H groups in total. The number of nitrogens with one attached hydrogen (secondary N) is 1. The molecule has 5 rings (SSSR count). The van der Waals surface area contributed by atoms with E-state index in [1.807, 2.05) is 0 Å². The molecule has 1 heterocycles. The van der Waals surface area contributed by atoms with Crippen molar-refractivity contribution in [3.63, 3.8) is 0 Å². The molecular formula is C44H59NO18. The summed E-state index contributed by atoms with van der Waals surface area (Å²) < 4.78 is 40.2. The maximum Gasteiger partial charge on any atom is 0.508 e. The number of alkyl carbamates (subject to hydrolysis) is 1. The smallest absolute Gasteiger partial charge is 0.481 e. The monoisotopic (exact) mass is 889 g/mol. The number of carbonyl (C=O) groups excluding carboxylic acids is 6. The van der Waals surface area contributed by atoms with Gasteiger partial charge in [-0.2, -0.15) is 0 Å². The molecule has 1 saturated heterocycles. The number of allylic oxidation sites excluding steroid dienone is 1. The first-order valence-electron chi connectivity index (χ1n) is 20.5. The van der Waals surface area contributed by atoms with Gasteiger partial charge in [-0.25, -0.2) is 19.2 Å². The Bertz CT molecular complexity index is 2070. The first kappa shape index (κ1) is 48.9. The highest BCUT2D eigenvalue weighted by molar-refractivity contribution is 6.02. The van der Waals surface area contributed by atoms with Gasteiger partial charge in [0.05, 0.1) is 48.2 Å². The molecule has 4 aliphatic rings. The molecule has 2 saturated carbocycles. The molecule has 0 radical (unpaired) electrons. The average molecular weight is 890 g/mol. The number of aliphatic hydroxyl groups is 3. The van der Waals surface area contributed by atoms with Crippen molar-refractivity contribution in [3.8, 4) is 0 Å². The molecule has 1 aromatic rings. The number of ketones is 1. The highest BCUT2D eigenvalue weighted by Gasteiger charge is 2.79. The van der Waals surface area contributed by atoms with E-state index in [9.17, 15) is 49.2 Å². The lowest BCUT2D eigenvalue weighted by Crippen LogP contribution is -2.81. The van der Waals surface area contributed by atoms with Crippen LogP contribution < -0.4 is 5.32 Å². The minimum Gasteiger partial charge on any atom is -0.481 e. The van der Waals surface area contributed by atoms with Crippen LogP contribution in [0.3, 0.4) is 0 Å². The van der Waals surface area contributed by atoms with E-state index >= 15 is 4.79 Å². The summed E-state index contributed by atoms with van der Waals surface area (Å²) >= 11 is 0. The van der Waals surface area contributed by atoms with Crippen LogP contribution >= 0.6 is 0 Å². The first-order chi connectivity index (χ1) is 28.9. The van der Waals surface area contributed by atoms with Crippen molar-refractivity contribution in [2.24, 2.45) is 28.1 Å². The summed E-state index contributed by atoms with van der Waals surface area (Å²) in [5, 5.41) is 50.0. The van der Waals surface area contributed by atoms with E-state index in [0.29, 0.717) is 0 Å². The lowest BCUT2D eigenvalue weighted by molar-refractivity contribution is -0.345. The Balaban J connectivity index is 1.79. The zero-order chi connectivity index (χ0) is 47.6. The second-order valence-corrected chi connectivity index (χ2v) is 19.5. The van der Waals surface area contributed by atoms with Gasteiger partial charge in [0, 0.05) is 31.1 Å². The standard InChI is InChI=1S/C44H59NO18/c1-21-26-28(59-22(2)46)31(49)42(11)24(47)18-25-43(20-58-25,63-37(55)57-12)29(42)32(60-33(50)23-16-14-13-15-17-23)44(56,40(26,8)9)19-41(21,10)61-34(51)27(48)30(39(6,7)35(52)53)45-36(54)62-38(3,4)5/h13-17,21,24-25,27,29-30,32,47-48,56H,18-20H2,1-12H3,(H,45,54)(H,52,53)/t21?,24?,25-,27-,29?,30-,32+,41-,42-,43+,44-/m1/s1. The number of esters is 3. The second-order valence-electron chi connectivity index (χ2n) is 19.5. The predicted octanol–water partition coefficient (Wildman–Crippen LogP) is 3.38. The number of aliphatic carboxylic acids is 1. The SMILES string of the molecule is COC(=O)O[C@@]12CO[C@@H]1CC(O)[C@@]1(C)C(=O)C(OC(C)=O)=C3C(C)[C@](C)(OC(=O)[C@H](O)[C@@H](NC(=O)OC(C)(C)C)C(C)(C)C(=O)O)C[C@@](O)([C@@H](OC(=O)c4ccccc4)C12)C3(C)C. The molecule has 2 bridgehead atoms. The Labute approximate surface area is 364 Å². The number of hydrogen-bond donors (Lipinski definition) is 5. The number of fused-ring (bicyclic) bond motifs is 5. The van der Waals surface area contributed by atoms with Crippen molar-refractivity contribution in [2.45, 2.75) is 142 Å². The minimum absolute atomic E-state index is 0.00266. The van der Waals surface area contributed by atoms with Crippen LogP contribution in [0.25, 0.3) is 0 Å². The Morgan fingerprint density at radius 3 is 2.08 bits per heavy atom. The highest BCUT2D eigenvalue weighted by Crippen LogP contribution is 2.66. The number of methoxy groups -OCH3 is 1. The molecule has 3 unspecified atom stereocenters. The number of benzene rings is 1. The predicted molar refractivity (Wildman–Crippen MR) is 215 cm³/mol. The number of rotatable bonds is 10. The van der Waals surface area contributed by atoms with E-state index in [0.717, 1.165) is 27.9 Å². The number of ether oxygens (including phenoxy) is 7. The number of carboxylic acid groups (broad SMARTS) is 1. The van der Waals surface area contributed by atoms with Crippen LogP contribution in [0, 0.1) is 28.1 Å². The molecule has 348 valence electrons. The van der Waals surface area contributed by atoms with Gasteiger partial charge < -0.3 is 58.9 Å². The van der Waals surface area contributed by atoms with E-state index < -0.39 is 142 Å². The zero-order valence-corrected chi connectivity index (χ0v) is 37.6. The Morgan fingerprint density at radius 1 is 0.968 bits per heavy atom. The van der Waals surface area contributed by atoms with E-state index in [1.54, 1.807) is 39.0 Å². The van der Waals surface area contributed by atoms with E-state index in [2.05, 4.69) is 5.32 Å². The van der Waals surface area contributed by atoms with Crippen LogP contribution in [0.1, 0.15) is 99.4 Å². The van der Waals surface area contributed by atoms with Crippen LogP contribution in [0.15, 0.2) is 41.7 Å². The molecule has 1 aliphatic heterocycles. The van der Waals surface area contributed by atoms with Crippen molar-refractivity contribution in [3.05, 3.63) is 47.2 Å². The van der Waals surface area contributed by atoms with E-state index in [4.69, 9.17) is 33.2 Å². The quantitative estimate of drug-likeness (QED) is 0.166. The van der Waals surface area contributed by atoms with Gasteiger partial charge in [0.1, 0.15) is 29.0 Å². The zero-order valence-electron chi connectivity index (χ0n) is 37.6. The molecule has 19 heteroatoms. The first-order valence-corrected chi connectivity index (χ1v) is 20.5. The third-order valence-electron chi connectivity index (χ3n) is 13.6. The Morgan fingerprint density at radius 2 is 1.57 bits per heavy atom. The Kier molecular flexibility index (Phi) is 12.8. The molecule has 19 nitrogen and oxygen atoms in total. The number of carbonyl (C=O) groups is 7. The number of aliphatic hydroxyl groups excluding tert-OH is 2. The molecular weight excluding hydrogens is 830 g/mol. The Hall–Kier alpha value is -5.11. The van der Waals surface area contributed by atoms with Crippen LogP contribution in [-0.4, -0.2) is 129 Å². The fourth-order valence-corrected chi connectivity index (χ4v) is 9.81. The fourth-order valence-electron chi connectivity index (χ4n) is 9.81. The van der Waals surface area contributed by atoms with Gasteiger partial charge in [-0.05, 0) is 66.2 Å². The fraction of sp³-hybridized carbons (Fsp3) is 0.659. The number of carboxylic acids is 1. The summed E-state index contributed by atoms with van der Waals surface area (Å²) in [6.45, 7) is 14.6. The van der Waals surface area contributed by atoms with Gasteiger partial charge in [-0.15, -0.1) is 0 Å². The molecule has 3 aliphatic carbocycles. The number of hydrogen-bond acceptors (Lipinski definition) is 17. The summed E-state index contributed by atoms with van der Waals surface area (Å²) in [4.78, 5) is 95.9. The van der Waals surface area contributed by atoms with E-state index in [1.165, 1.54) is 46.8 Å². The normalized spacial score (nSPS) is 33.3. The van der Waals surface area contributed by atoms with Crippen molar-refractivity contribution < 1.29 is 87.1 Å². The van der Waals surface area contributed by atoms with Crippen molar-refractivity contribution >= 4 is 41.9 Å². The molecule has 1 amide bonds. The van der Waals surface area contributed by atoms with Gasteiger partial charge in [0.25, 0.3) is 0 Å². The van der Waals surface area contributed by atoms with Crippen molar-refractivity contribution in [2.75, 3.05) is 13.7 Å². The lowest BCUT2D eigenvalue weighted by atomic mass is 9.43. The summed E-state index contributed by atoms with van der Waals surface area (Å²) in [5.41, 5.74) is -13.9. The summed E-state index contributed by atoms with van der Waals surface area (Å²) in [5.74, 6) is -9.65. The number of amides is 1. The van der Waals surface area contributed by atoms with Gasteiger partial charge in [0.2, 0.25) is 5.78 Å². The van der Waals surface area contributed by atoms with Crippen LogP contribution in [0.5, 0.6) is 0 Å². The molecule has 0 spiro atoms. The third kappa shape index (κ3) is 8.16. The molecule has 3 fully saturated rings. The average Bonchev–Trinajstić information content (AvgIpc) is 3.17. The topological polar surface area (TPSA) is 277 Å². The van der Waals surface area contributed by atoms with Crippen molar-refractivity contribution in [1.82, 2.24) is 5.32 Å². The molecule has 11 atom stereocenters. The summed E-state index contributed by atoms with van der Waals surface area (Å²) in [6, 6.07) is 5.71. The second kappa shape index (κ2) is 16.5. The highest BCUT2D eigenvalue weighted by atomic mass is 16.8. The maximum absolute atomic E-state index is 15.5. The minimum atomic E-state index is -2.56. The summed E-state index contributed by atoms with van der Waals surface area (Å²) in [7, 11) is 1.03. The molecule has 1 aromatic carbocycles. The van der Waals surface area contributed by atoms with Crippen molar-refractivity contribution in [1.29, 1.82) is 0 Å². The summed E-state index contributed by atoms with van der Waals surface area (Å²) in [6.07, 6.45) is -10.6.